The Bertz CT molecular complexity index is 915. The number of aliphatic hydroxyl groups is 1. The molecule has 5 nitrogen and oxygen atoms in total. The molecule has 6 aliphatic rings. The third kappa shape index (κ3) is 2.14. The van der Waals surface area contributed by atoms with Gasteiger partial charge in [-0.1, -0.05) is 25.8 Å². The van der Waals surface area contributed by atoms with Gasteiger partial charge in [0.15, 0.2) is 11.5 Å². The van der Waals surface area contributed by atoms with Gasteiger partial charge in [0.2, 0.25) is 0 Å². The van der Waals surface area contributed by atoms with Gasteiger partial charge in [0, 0.05) is 35.5 Å². The van der Waals surface area contributed by atoms with E-state index in [1.165, 1.54) is 11.1 Å². The number of hydrogen-bond donors (Lipinski definition) is 2. The zero-order valence-corrected chi connectivity index (χ0v) is 19.4. The van der Waals surface area contributed by atoms with Gasteiger partial charge in [-0.15, -0.1) is 0 Å². The molecular formula is C26H37NO4. The average molecular weight is 428 g/mol. The van der Waals surface area contributed by atoms with E-state index in [1.54, 1.807) is 7.11 Å². The molecule has 1 aromatic rings. The Morgan fingerprint density at radius 1 is 1.26 bits per heavy atom. The number of nitrogens with one attached hydrogen (secondary N) is 1. The predicted molar refractivity (Wildman–Crippen MR) is 119 cm³/mol. The SMILES string of the molecule is CCCC[C@@](C)(O)[C@H]1C[C@@]23CC[C@]1(OC)[C@@H]1Oc4c(OC)ccc5c4C12CCNC3C5. The maximum absolute atomic E-state index is 11.8. The molecule has 4 bridgehead atoms. The number of benzene rings is 1. The maximum Gasteiger partial charge on any atom is 0.165 e. The van der Waals surface area contributed by atoms with E-state index in [1.807, 2.05) is 7.11 Å². The highest BCUT2D eigenvalue weighted by Crippen LogP contribution is 2.76. The van der Waals surface area contributed by atoms with Crippen molar-refractivity contribution in [2.24, 2.45) is 11.3 Å². The molecule has 7 atom stereocenters. The summed E-state index contributed by atoms with van der Waals surface area (Å²) in [5.41, 5.74) is 1.63. The molecule has 4 aliphatic carbocycles. The molecule has 2 N–H and O–H groups in total. The van der Waals surface area contributed by atoms with E-state index in [9.17, 15) is 5.11 Å². The van der Waals surface area contributed by atoms with Gasteiger partial charge in [0.05, 0.1) is 12.7 Å². The second-order valence-corrected chi connectivity index (χ2v) is 11.1. The lowest BCUT2D eigenvalue weighted by atomic mass is 9.34. The summed E-state index contributed by atoms with van der Waals surface area (Å²) >= 11 is 0. The van der Waals surface area contributed by atoms with Crippen LogP contribution in [-0.4, -0.2) is 49.2 Å². The van der Waals surface area contributed by atoms with Crippen molar-refractivity contribution in [2.45, 2.75) is 94.0 Å². The summed E-state index contributed by atoms with van der Waals surface area (Å²) in [5, 5.41) is 15.7. The molecule has 4 fully saturated rings. The number of methoxy groups -OCH3 is 2. The fourth-order valence-corrected chi connectivity index (χ4v) is 8.93. The van der Waals surface area contributed by atoms with Gasteiger partial charge in [-0.05, 0) is 63.6 Å². The molecule has 2 unspecified atom stereocenters. The molecule has 31 heavy (non-hydrogen) atoms. The second-order valence-electron chi connectivity index (χ2n) is 11.1. The van der Waals surface area contributed by atoms with Gasteiger partial charge < -0.3 is 24.6 Å². The molecule has 2 heterocycles. The van der Waals surface area contributed by atoms with E-state index >= 15 is 0 Å². The highest BCUT2D eigenvalue weighted by Gasteiger charge is 2.81. The van der Waals surface area contributed by atoms with Crippen LogP contribution in [0.5, 0.6) is 11.5 Å². The summed E-state index contributed by atoms with van der Waals surface area (Å²) in [6.07, 6.45) is 8.06. The molecular weight excluding hydrogens is 390 g/mol. The lowest BCUT2D eigenvalue weighted by molar-refractivity contribution is -0.292. The minimum atomic E-state index is -0.766. The molecule has 0 amide bonds. The molecule has 1 aromatic carbocycles. The van der Waals surface area contributed by atoms with E-state index in [2.05, 4.69) is 31.3 Å². The molecule has 170 valence electrons. The zero-order valence-electron chi connectivity index (χ0n) is 19.4. The Kier molecular flexibility index (Phi) is 4.19. The van der Waals surface area contributed by atoms with Gasteiger partial charge in [-0.2, -0.15) is 0 Å². The van der Waals surface area contributed by atoms with Gasteiger partial charge in [0.1, 0.15) is 11.7 Å². The molecule has 0 radical (unpaired) electrons. The van der Waals surface area contributed by atoms with Crippen molar-refractivity contribution in [3.8, 4) is 11.5 Å². The molecule has 5 heteroatoms. The Morgan fingerprint density at radius 3 is 2.84 bits per heavy atom. The number of piperidine rings is 1. The van der Waals surface area contributed by atoms with Crippen LogP contribution in [0, 0.1) is 11.3 Å². The van der Waals surface area contributed by atoms with Crippen LogP contribution in [-0.2, 0) is 16.6 Å². The summed E-state index contributed by atoms with van der Waals surface area (Å²) in [6, 6.07) is 4.76. The summed E-state index contributed by atoms with van der Waals surface area (Å²) in [4.78, 5) is 0. The van der Waals surface area contributed by atoms with E-state index in [0.29, 0.717) is 6.04 Å². The number of ether oxygens (including phenoxy) is 3. The van der Waals surface area contributed by atoms with Crippen LogP contribution in [0.4, 0.5) is 0 Å². The van der Waals surface area contributed by atoms with Crippen molar-refractivity contribution in [2.75, 3.05) is 20.8 Å². The quantitative estimate of drug-likeness (QED) is 0.724. The molecule has 1 saturated heterocycles. The van der Waals surface area contributed by atoms with Crippen LogP contribution in [0.2, 0.25) is 0 Å². The number of unbranched alkanes of at least 4 members (excludes halogenated alkanes) is 1. The number of rotatable bonds is 6. The topological polar surface area (TPSA) is 60.0 Å². The van der Waals surface area contributed by atoms with Gasteiger partial charge in [0.25, 0.3) is 0 Å². The Labute approximate surface area is 185 Å². The first-order valence-corrected chi connectivity index (χ1v) is 12.3. The Balaban J connectivity index is 1.59. The Morgan fingerprint density at radius 2 is 2.10 bits per heavy atom. The first-order chi connectivity index (χ1) is 14.9. The van der Waals surface area contributed by atoms with Crippen molar-refractivity contribution in [1.82, 2.24) is 5.32 Å². The smallest absolute Gasteiger partial charge is 0.165 e. The maximum atomic E-state index is 11.8. The minimum absolute atomic E-state index is 0.0496. The van der Waals surface area contributed by atoms with Crippen LogP contribution in [0.25, 0.3) is 0 Å². The fourth-order valence-electron chi connectivity index (χ4n) is 8.93. The highest BCUT2D eigenvalue weighted by molar-refractivity contribution is 5.63. The first-order valence-electron chi connectivity index (χ1n) is 12.3. The summed E-state index contributed by atoms with van der Waals surface area (Å²) in [5.74, 6) is 1.86. The molecule has 7 rings (SSSR count). The normalized spacial score (nSPS) is 43.2. The van der Waals surface area contributed by atoms with Crippen LogP contribution in [0.15, 0.2) is 12.1 Å². The number of hydrogen-bond acceptors (Lipinski definition) is 5. The highest BCUT2D eigenvalue weighted by atomic mass is 16.6. The van der Waals surface area contributed by atoms with Crippen molar-refractivity contribution in [3.05, 3.63) is 23.3 Å². The summed E-state index contributed by atoms with van der Waals surface area (Å²) in [7, 11) is 3.59. The molecule has 0 aromatic heterocycles. The van der Waals surface area contributed by atoms with E-state index in [4.69, 9.17) is 14.2 Å². The van der Waals surface area contributed by atoms with Crippen LogP contribution in [0.1, 0.15) is 69.9 Å². The van der Waals surface area contributed by atoms with E-state index in [-0.39, 0.29) is 22.9 Å². The van der Waals surface area contributed by atoms with Crippen molar-refractivity contribution >= 4 is 0 Å². The molecule has 3 saturated carbocycles. The van der Waals surface area contributed by atoms with E-state index < -0.39 is 11.2 Å². The third-order valence-electron chi connectivity index (χ3n) is 10.2. The van der Waals surface area contributed by atoms with Crippen LogP contribution >= 0.6 is 0 Å². The van der Waals surface area contributed by atoms with Crippen LogP contribution in [0.3, 0.4) is 0 Å². The van der Waals surface area contributed by atoms with Crippen molar-refractivity contribution in [1.29, 1.82) is 0 Å². The number of fused-ring (bicyclic) bond motifs is 2. The average Bonchev–Trinajstić information content (AvgIpc) is 3.14. The monoisotopic (exact) mass is 427 g/mol. The Hall–Kier alpha value is -1.30. The largest absolute Gasteiger partial charge is 0.493 e. The van der Waals surface area contributed by atoms with Gasteiger partial charge >= 0.3 is 0 Å². The van der Waals surface area contributed by atoms with Crippen molar-refractivity contribution < 1.29 is 19.3 Å². The second kappa shape index (κ2) is 6.39. The van der Waals surface area contributed by atoms with Crippen molar-refractivity contribution in [3.63, 3.8) is 0 Å². The minimum Gasteiger partial charge on any atom is -0.493 e. The first kappa shape index (κ1) is 20.3. The fraction of sp³-hybridized carbons (Fsp3) is 0.769. The zero-order chi connectivity index (χ0) is 21.6. The molecule has 2 spiro atoms. The van der Waals surface area contributed by atoms with Gasteiger partial charge in [-0.3, -0.25) is 0 Å². The summed E-state index contributed by atoms with van der Waals surface area (Å²) < 4.78 is 19.3. The lowest BCUT2D eigenvalue weighted by Crippen LogP contribution is -2.82. The molecule has 2 aliphatic heterocycles. The standard InChI is InChI=1S/C26H37NO4/c1-5-6-9-23(2,28)18-15-24-10-11-26(18,30-4)22-25(24)12-13-27-19(24)14-16-7-8-17(29-3)21(31-22)20(16)25/h7-8,18-19,22,27-28H,5-6,9-15H2,1-4H3/t18-,19?,22-,23-,24-,25?,26-/m1/s1. The van der Waals surface area contributed by atoms with Crippen LogP contribution < -0.4 is 14.8 Å². The lowest BCUT2D eigenvalue weighted by Gasteiger charge is -2.73. The summed E-state index contributed by atoms with van der Waals surface area (Å²) in [6.45, 7) is 5.26. The third-order valence-corrected chi connectivity index (χ3v) is 10.2. The van der Waals surface area contributed by atoms with E-state index in [0.717, 1.165) is 69.4 Å². The van der Waals surface area contributed by atoms with Gasteiger partial charge in [-0.25, -0.2) is 0 Å². The predicted octanol–water partition coefficient (Wildman–Crippen LogP) is 3.74.